The Labute approximate surface area is 54.8 Å². The summed E-state index contributed by atoms with van der Waals surface area (Å²) in [6.45, 7) is 3.49. The van der Waals surface area contributed by atoms with Gasteiger partial charge in [-0.2, -0.15) is 0 Å². The summed E-state index contributed by atoms with van der Waals surface area (Å²) < 4.78 is 0. The molecule has 0 aliphatic rings. The van der Waals surface area contributed by atoms with E-state index in [-0.39, 0.29) is 5.91 Å². The van der Waals surface area contributed by atoms with Gasteiger partial charge in [-0.25, -0.2) is 5.84 Å². The Bertz CT molecular complexity index is 111. The number of nitrogens with one attached hydrogen (secondary N) is 2. The molecule has 1 amide bonds. The summed E-state index contributed by atoms with van der Waals surface area (Å²) in [5.41, 5.74) is 1.48. The summed E-state index contributed by atoms with van der Waals surface area (Å²) in [4.78, 5) is 10.8. The van der Waals surface area contributed by atoms with Crippen LogP contribution in [-0.4, -0.2) is 18.5 Å². The Kier molecular flexibility index (Phi) is 2.61. The maximum absolute atomic E-state index is 10.8. The molecular formula is C5H13N3O. The second-order valence-corrected chi connectivity index (χ2v) is 2.35. The molecule has 0 aliphatic carbocycles. The standard InChI is InChI=1S/C5H13N3O/c1-5(2,7-3)4(9)8-6/h7H,6H2,1-3H3,(H,8,9). The summed E-state index contributed by atoms with van der Waals surface area (Å²) in [6, 6.07) is 0. The summed E-state index contributed by atoms with van der Waals surface area (Å²) >= 11 is 0. The van der Waals surface area contributed by atoms with Gasteiger partial charge in [-0.05, 0) is 20.9 Å². The van der Waals surface area contributed by atoms with Gasteiger partial charge >= 0.3 is 0 Å². The first-order valence-electron chi connectivity index (χ1n) is 2.74. The lowest BCUT2D eigenvalue weighted by molar-refractivity contribution is -0.126. The number of carbonyl (C=O) groups is 1. The molecule has 0 fully saturated rings. The van der Waals surface area contributed by atoms with Crippen LogP contribution >= 0.6 is 0 Å². The van der Waals surface area contributed by atoms with Crippen molar-refractivity contribution in [3.8, 4) is 0 Å². The second kappa shape index (κ2) is 2.80. The van der Waals surface area contributed by atoms with Crippen molar-refractivity contribution >= 4 is 5.91 Å². The number of carbonyl (C=O) groups excluding carboxylic acids is 1. The van der Waals surface area contributed by atoms with Crippen molar-refractivity contribution in [3.63, 3.8) is 0 Å². The molecule has 0 radical (unpaired) electrons. The predicted molar refractivity (Wildman–Crippen MR) is 35.5 cm³/mol. The zero-order chi connectivity index (χ0) is 7.49. The molecule has 0 aromatic rings. The highest BCUT2D eigenvalue weighted by Gasteiger charge is 2.23. The van der Waals surface area contributed by atoms with E-state index in [4.69, 9.17) is 5.84 Å². The van der Waals surface area contributed by atoms with E-state index in [0.29, 0.717) is 0 Å². The molecule has 0 rings (SSSR count). The van der Waals surface area contributed by atoms with E-state index in [1.165, 1.54) is 0 Å². The molecule has 4 N–H and O–H groups in total. The Hall–Kier alpha value is -0.610. The van der Waals surface area contributed by atoms with Crippen LogP contribution in [0.5, 0.6) is 0 Å². The van der Waals surface area contributed by atoms with Gasteiger partial charge in [0.15, 0.2) is 0 Å². The number of hydrogen-bond acceptors (Lipinski definition) is 3. The molecular weight excluding hydrogens is 118 g/mol. The molecule has 4 heteroatoms. The van der Waals surface area contributed by atoms with Gasteiger partial charge in [0.1, 0.15) is 0 Å². The molecule has 0 unspecified atom stereocenters. The van der Waals surface area contributed by atoms with Crippen LogP contribution in [0, 0.1) is 0 Å². The molecule has 9 heavy (non-hydrogen) atoms. The zero-order valence-corrected chi connectivity index (χ0v) is 5.99. The largest absolute Gasteiger partial charge is 0.307 e. The predicted octanol–water partition coefficient (Wildman–Crippen LogP) is -1.03. The summed E-state index contributed by atoms with van der Waals surface area (Å²) in [7, 11) is 1.70. The van der Waals surface area contributed by atoms with Crippen LogP contribution in [0.4, 0.5) is 0 Å². The van der Waals surface area contributed by atoms with E-state index in [0.717, 1.165) is 0 Å². The first kappa shape index (κ1) is 8.39. The van der Waals surface area contributed by atoms with Crippen LogP contribution < -0.4 is 16.6 Å². The van der Waals surface area contributed by atoms with Crippen molar-refractivity contribution in [1.29, 1.82) is 0 Å². The van der Waals surface area contributed by atoms with Crippen LogP contribution in [0.2, 0.25) is 0 Å². The Morgan fingerprint density at radius 1 is 1.56 bits per heavy atom. The number of rotatable bonds is 2. The maximum atomic E-state index is 10.8. The lowest BCUT2D eigenvalue weighted by Crippen LogP contribution is -2.53. The number of hydrazine groups is 1. The monoisotopic (exact) mass is 131 g/mol. The molecule has 0 aromatic carbocycles. The van der Waals surface area contributed by atoms with E-state index in [2.05, 4.69) is 10.7 Å². The molecule has 0 aliphatic heterocycles. The van der Waals surface area contributed by atoms with E-state index >= 15 is 0 Å². The quantitative estimate of drug-likeness (QED) is 0.255. The number of amides is 1. The van der Waals surface area contributed by atoms with E-state index in [1.807, 2.05) is 0 Å². The molecule has 0 saturated heterocycles. The van der Waals surface area contributed by atoms with Crippen molar-refractivity contribution in [3.05, 3.63) is 0 Å². The topological polar surface area (TPSA) is 67.2 Å². The summed E-state index contributed by atoms with van der Waals surface area (Å²) in [5, 5.41) is 2.80. The summed E-state index contributed by atoms with van der Waals surface area (Å²) in [5.74, 6) is 4.68. The zero-order valence-electron chi connectivity index (χ0n) is 5.99. The molecule has 54 valence electrons. The van der Waals surface area contributed by atoms with Crippen molar-refractivity contribution in [2.45, 2.75) is 19.4 Å². The fraction of sp³-hybridized carbons (Fsp3) is 0.800. The Balaban J connectivity index is 3.97. The average molecular weight is 131 g/mol. The highest BCUT2D eigenvalue weighted by atomic mass is 16.2. The van der Waals surface area contributed by atoms with Crippen LogP contribution in [0.3, 0.4) is 0 Å². The normalized spacial score (nSPS) is 11.1. The lowest BCUT2D eigenvalue weighted by atomic mass is 10.1. The van der Waals surface area contributed by atoms with E-state index in [9.17, 15) is 4.79 Å². The third-order valence-electron chi connectivity index (χ3n) is 1.32. The first-order valence-corrected chi connectivity index (χ1v) is 2.74. The fourth-order valence-corrected chi connectivity index (χ4v) is 0.294. The van der Waals surface area contributed by atoms with Gasteiger partial charge in [-0.1, -0.05) is 0 Å². The third-order valence-corrected chi connectivity index (χ3v) is 1.32. The third kappa shape index (κ3) is 1.99. The molecule has 0 bridgehead atoms. The first-order chi connectivity index (χ1) is 4.04. The molecule has 0 heterocycles. The average Bonchev–Trinajstić information content (AvgIpc) is 1.86. The minimum atomic E-state index is -0.575. The van der Waals surface area contributed by atoms with Gasteiger partial charge in [-0.3, -0.25) is 10.2 Å². The van der Waals surface area contributed by atoms with Gasteiger partial charge in [0, 0.05) is 0 Å². The Morgan fingerprint density at radius 3 is 2.11 bits per heavy atom. The molecule has 0 spiro atoms. The highest BCUT2D eigenvalue weighted by Crippen LogP contribution is 1.97. The molecule has 0 aromatic heterocycles. The summed E-state index contributed by atoms with van der Waals surface area (Å²) in [6.07, 6.45) is 0. The maximum Gasteiger partial charge on any atom is 0.253 e. The van der Waals surface area contributed by atoms with Crippen molar-refractivity contribution in [2.75, 3.05) is 7.05 Å². The number of likely N-dealkylation sites (N-methyl/N-ethyl adjacent to an activating group) is 1. The second-order valence-electron chi connectivity index (χ2n) is 2.35. The Morgan fingerprint density at radius 2 is 2.00 bits per heavy atom. The van der Waals surface area contributed by atoms with Gasteiger partial charge in [0.2, 0.25) is 0 Å². The van der Waals surface area contributed by atoms with Gasteiger partial charge in [-0.15, -0.1) is 0 Å². The number of hydrogen-bond donors (Lipinski definition) is 3. The SMILES string of the molecule is CNC(C)(C)C(=O)NN. The molecule has 0 saturated carbocycles. The van der Waals surface area contributed by atoms with Crippen molar-refractivity contribution in [2.24, 2.45) is 5.84 Å². The van der Waals surface area contributed by atoms with E-state index < -0.39 is 5.54 Å². The van der Waals surface area contributed by atoms with Gasteiger partial charge in [0.05, 0.1) is 5.54 Å². The minimum absolute atomic E-state index is 0.218. The van der Waals surface area contributed by atoms with Crippen molar-refractivity contribution < 1.29 is 4.79 Å². The van der Waals surface area contributed by atoms with E-state index in [1.54, 1.807) is 20.9 Å². The van der Waals surface area contributed by atoms with Gasteiger partial charge < -0.3 is 5.32 Å². The lowest BCUT2D eigenvalue weighted by Gasteiger charge is -2.20. The van der Waals surface area contributed by atoms with Crippen LogP contribution in [0.1, 0.15) is 13.8 Å². The van der Waals surface area contributed by atoms with Crippen LogP contribution in [-0.2, 0) is 4.79 Å². The van der Waals surface area contributed by atoms with Crippen LogP contribution in [0.25, 0.3) is 0 Å². The minimum Gasteiger partial charge on any atom is -0.307 e. The molecule has 0 atom stereocenters. The van der Waals surface area contributed by atoms with Crippen LogP contribution in [0.15, 0.2) is 0 Å². The molecule has 4 nitrogen and oxygen atoms in total. The highest BCUT2D eigenvalue weighted by molar-refractivity contribution is 5.84. The van der Waals surface area contributed by atoms with Crippen molar-refractivity contribution in [1.82, 2.24) is 10.7 Å². The van der Waals surface area contributed by atoms with Gasteiger partial charge in [0.25, 0.3) is 5.91 Å². The smallest absolute Gasteiger partial charge is 0.253 e. The number of nitrogens with two attached hydrogens (primary N) is 1. The fourth-order valence-electron chi connectivity index (χ4n) is 0.294.